The van der Waals surface area contributed by atoms with E-state index in [1.165, 1.54) is 19.3 Å². The van der Waals surface area contributed by atoms with Crippen molar-refractivity contribution in [3.8, 4) is 0 Å². The monoisotopic (exact) mass is 240 g/mol. The molecule has 0 spiro atoms. The van der Waals surface area contributed by atoms with Crippen molar-refractivity contribution >= 4 is 11.3 Å². The fourth-order valence-corrected chi connectivity index (χ4v) is 2.94. The van der Waals surface area contributed by atoms with Gasteiger partial charge in [-0.1, -0.05) is 6.92 Å². The van der Waals surface area contributed by atoms with Crippen molar-refractivity contribution in [2.75, 3.05) is 19.7 Å². The molecule has 1 saturated heterocycles. The Morgan fingerprint density at radius 1 is 1.62 bits per heavy atom. The van der Waals surface area contributed by atoms with Crippen LogP contribution in [0.3, 0.4) is 0 Å². The molecule has 1 aliphatic rings. The highest BCUT2D eigenvalue weighted by Gasteiger charge is 2.28. The molecule has 1 aromatic rings. The molecule has 1 N–H and O–H groups in total. The van der Waals surface area contributed by atoms with E-state index in [9.17, 15) is 0 Å². The average Bonchev–Trinajstić information content (AvgIpc) is 2.83. The molecule has 0 bridgehead atoms. The Bertz CT molecular complexity index is 289. The summed E-state index contributed by atoms with van der Waals surface area (Å²) < 4.78 is 5.87. The molecule has 1 aromatic heterocycles. The van der Waals surface area contributed by atoms with Crippen LogP contribution in [0.5, 0.6) is 0 Å². The Hall–Kier alpha value is -0.450. The van der Waals surface area contributed by atoms with Gasteiger partial charge in [0.05, 0.1) is 0 Å². The number of nitrogens with zero attached hydrogens (tertiary/aromatic N) is 1. The van der Waals surface area contributed by atoms with Crippen molar-refractivity contribution in [3.63, 3.8) is 0 Å². The van der Waals surface area contributed by atoms with Crippen LogP contribution >= 0.6 is 11.3 Å². The number of hydrogen-bond donors (Lipinski definition) is 1. The Labute approximate surface area is 101 Å². The highest BCUT2D eigenvalue weighted by Crippen LogP contribution is 2.34. The minimum atomic E-state index is 0.220. The minimum Gasteiger partial charge on any atom is -0.371 e. The number of thiazole rings is 1. The van der Waals surface area contributed by atoms with Gasteiger partial charge in [0.1, 0.15) is 11.1 Å². The van der Waals surface area contributed by atoms with Crippen molar-refractivity contribution in [2.24, 2.45) is 5.92 Å². The molecular formula is C12H20N2OS. The van der Waals surface area contributed by atoms with E-state index in [1.54, 1.807) is 11.3 Å². The lowest BCUT2D eigenvalue weighted by atomic mass is 9.94. The lowest BCUT2D eigenvalue weighted by Gasteiger charge is -2.30. The van der Waals surface area contributed by atoms with Crippen LogP contribution in [0.15, 0.2) is 11.6 Å². The minimum absolute atomic E-state index is 0.220. The number of hydrogen-bond acceptors (Lipinski definition) is 4. The first-order valence-corrected chi connectivity index (χ1v) is 7.01. The summed E-state index contributed by atoms with van der Waals surface area (Å²) in [7, 11) is 0. The van der Waals surface area contributed by atoms with Gasteiger partial charge in [-0.25, -0.2) is 4.98 Å². The molecule has 4 heteroatoms. The summed E-state index contributed by atoms with van der Waals surface area (Å²) in [6.45, 7) is 5.23. The molecule has 0 aromatic carbocycles. The SMILES string of the molecule is CCCNCC1CCCOC1c1nccs1. The van der Waals surface area contributed by atoms with E-state index in [0.29, 0.717) is 5.92 Å². The van der Waals surface area contributed by atoms with E-state index < -0.39 is 0 Å². The van der Waals surface area contributed by atoms with Crippen LogP contribution in [0.4, 0.5) is 0 Å². The van der Waals surface area contributed by atoms with E-state index >= 15 is 0 Å². The van der Waals surface area contributed by atoms with Gasteiger partial charge in [-0.2, -0.15) is 0 Å². The first-order valence-electron chi connectivity index (χ1n) is 6.13. The van der Waals surface area contributed by atoms with Crippen molar-refractivity contribution in [1.29, 1.82) is 0 Å². The third kappa shape index (κ3) is 3.03. The maximum Gasteiger partial charge on any atom is 0.122 e. The molecule has 2 unspecified atom stereocenters. The molecule has 0 aliphatic carbocycles. The van der Waals surface area contributed by atoms with Gasteiger partial charge in [-0.15, -0.1) is 11.3 Å². The van der Waals surface area contributed by atoms with Gasteiger partial charge in [0, 0.05) is 30.6 Å². The Kier molecular flexibility index (Phi) is 4.75. The summed E-state index contributed by atoms with van der Waals surface area (Å²) in [5, 5.41) is 6.67. The van der Waals surface area contributed by atoms with E-state index in [4.69, 9.17) is 4.74 Å². The first kappa shape index (κ1) is 12.0. The number of aromatic nitrogens is 1. The molecule has 0 radical (unpaired) electrons. The summed E-state index contributed by atoms with van der Waals surface area (Å²) >= 11 is 1.71. The zero-order chi connectivity index (χ0) is 11.2. The standard InChI is InChI=1S/C12H20N2OS/c1-2-5-13-9-10-4-3-7-15-11(10)12-14-6-8-16-12/h6,8,10-11,13H,2-5,7,9H2,1H3. The molecule has 0 saturated carbocycles. The summed E-state index contributed by atoms with van der Waals surface area (Å²) in [4.78, 5) is 4.38. The van der Waals surface area contributed by atoms with Gasteiger partial charge in [-0.3, -0.25) is 0 Å². The number of nitrogens with one attached hydrogen (secondary N) is 1. The van der Waals surface area contributed by atoms with Gasteiger partial charge in [-0.05, 0) is 25.8 Å². The van der Waals surface area contributed by atoms with Crippen LogP contribution in [-0.2, 0) is 4.74 Å². The topological polar surface area (TPSA) is 34.1 Å². The molecule has 16 heavy (non-hydrogen) atoms. The van der Waals surface area contributed by atoms with Crippen LogP contribution in [0, 0.1) is 5.92 Å². The maximum atomic E-state index is 5.87. The molecule has 1 fully saturated rings. The van der Waals surface area contributed by atoms with Gasteiger partial charge < -0.3 is 10.1 Å². The lowest BCUT2D eigenvalue weighted by molar-refractivity contribution is -0.0278. The van der Waals surface area contributed by atoms with Crippen molar-refractivity contribution in [1.82, 2.24) is 10.3 Å². The summed E-state index contributed by atoms with van der Waals surface area (Å²) in [5.41, 5.74) is 0. The van der Waals surface area contributed by atoms with Gasteiger partial charge in [0.15, 0.2) is 0 Å². The maximum absolute atomic E-state index is 5.87. The third-order valence-electron chi connectivity index (χ3n) is 2.97. The lowest BCUT2D eigenvalue weighted by Crippen LogP contribution is -2.32. The number of rotatable bonds is 5. The van der Waals surface area contributed by atoms with Gasteiger partial charge in [0.25, 0.3) is 0 Å². The molecule has 2 heterocycles. The van der Waals surface area contributed by atoms with Crippen LogP contribution in [-0.4, -0.2) is 24.7 Å². The molecule has 2 atom stereocenters. The van der Waals surface area contributed by atoms with Crippen LogP contribution in [0.1, 0.15) is 37.3 Å². The Balaban J connectivity index is 1.92. The van der Waals surface area contributed by atoms with Crippen LogP contribution in [0.2, 0.25) is 0 Å². The summed E-state index contributed by atoms with van der Waals surface area (Å²) in [5.74, 6) is 0.589. The Morgan fingerprint density at radius 2 is 2.56 bits per heavy atom. The van der Waals surface area contributed by atoms with E-state index in [1.807, 2.05) is 11.6 Å². The first-order chi connectivity index (χ1) is 7.92. The van der Waals surface area contributed by atoms with Crippen LogP contribution in [0.25, 0.3) is 0 Å². The molecule has 90 valence electrons. The number of ether oxygens (including phenoxy) is 1. The van der Waals surface area contributed by atoms with Gasteiger partial charge >= 0.3 is 0 Å². The fourth-order valence-electron chi connectivity index (χ4n) is 2.16. The van der Waals surface area contributed by atoms with Crippen LogP contribution < -0.4 is 5.32 Å². The third-order valence-corrected chi connectivity index (χ3v) is 3.81. The zero-order valence-electron chi connectivity index (χ0n) is 9.82. The average molecular weight is 240 g/mol. The highest BCUT2D eigenvalue weighted by atomic mass is 32.1. The molecule has 3 nitrogen and oxygen atoms in total. The molecule has 1 aliphatic heterocycles. The van der Waals surface area contributed by atoms with Crippen molar-refractivity contribution in [2.45, 2.75) is 32.3 Å². The molecule has 2 rings (SSSR count). The molecular weight excluding hydrogens is 220 g/mol. The van der Waals surface area contributed by atoms with E-state index in [-0.39, 0.29) is 6.10 Å². The summed E-state index contributed by atoms with van der Waals surface area (Å²) in [6, 6.07) is 0. The second-order valence-corrected chi connectivity index (χ2v) is 5.19. The Morgan fingerprint density at radius 3 is 3.31 bits per heavy atom. The smallest absolute Gasteiger partial charge is 0.122 e. The quantitative estimate of drug-likeness (QED) is 0.803. The fraction of sp³-hybridized carbons (Fsp3) is 0.750. The van der Waals surface area contributed by atoms with Gasteiger partial charge in [0.2, 0.25) is 0 Å². The van der Waals surface area contributed by atoms with Crippen molar-refractivity contribution in [3.05, 3.63) is 16.6 Å². The van der Waals surface area contributed by atoms with E-state index in [2.05, 4.69) is 17.2 Å². The largest absolute Gasteiger partial charge is 0.371 e. The predicted octanol–water partition coefficient (Wildman–Crippen LogP) is 2.61. The van der Waals surface area contributed by atoms with E-state index in [0.717, 1.165) is 24.7 Å². The predicted molar refractivity (Wildman–Crippen MR) is 66.7 cm³/mol. The second kappa shape index (κ2) is 6.33. The molecule has 0 amide bonds. The van der Waals surface area contributed by atoms with Crippen molar-refractivity contribution < 1.29 is 4.74 Å². The summed E-state index contributed by atoms with van der Waals surface area (Å²) in [6.07, 6.45) is 5.71. The highest BCUT2D eigenvalue weighted by molar-refractivity contribution is 7.09. The normalized spacial score (nSPS) is 25.8. The second-order valence-electron chi connectivity index (χ2n) is 4.27. The zero-order valence-corrected chi connectivity index (χ0v) is 10.6.